The van der Waals surface area contributed by atoms with Crippen molar-refractivity contribution in [2.75, 3.05) is 5.32 Å². The first kappa shape index (κ1) is 16.2. The lowest BCUT2D eigenvalue weighted by Gasteiger charge is -2.14. The number of nitrogens with one attached hydrogen (secondary N) is 2. The van der Waals surface area contributed by atoms with E-state index < -0.39 is 11.8 Å². The van der Waals surface area contributed by atoms with Gasteiger partial charge in [-0.2, -0.15) is 0 Å². The Balaban J connectivity index is 1.45. The maximum absolute atomic E-state index is 13.4. The number of rotatable bonds is 2. The summed E-state index contributed by atoms with van der Waals surface area (Å²) in [7, 11) is 0. The average molecular weight is 349 g/mol. The Kier molecular flexibility index (Phi) is 4.08. The highest BCUT2D eigenvalue weighted by Gasteiger charge is 2.26. The predicted octanol–water partition coefficient (Wildman–Crippen LogP) is 3.12. The molecule has 0 fully saturated rings. The molecule has 0 saturated heterocycles. The van der Waals surface area contributed by atoms with Crippen LogP contribution in [0.15, 0.2) is 54.7 Å². The average Bonchev–Trinajstić information content (AvgIpc) is 3.03. The van der Waals surface area contributed by atoms with Gasteiger partial charge in [0.15, 0.2) is 0 Å². The molecule has 2 aromatic carbocycles. The Bertz CT molecular complexity index is 1020. The molecular weight excluding hydrogens is 333 g/mol. The van der Waals surface area contributed by atoms with Crippen LogP contribution in [-0.4, -0.2) is 16.8 Å². The molecule has 1 heterocycles. The molecule has 2 N–H and O–H groups in total. The third-order valence-electron chi connectivity index (χ3n) is 4.56. The summed E-state index contributed by atoms with van der Waals surface area (Å²) in [5, 5.41) is 6.15. The smallest absolute Gasteiger partial charge is 0.313 e. The molecule has 0 unspecified atom stereocenters. The van der Waals surface area contributed by atoms with Gasteiger partial charge in [0.05, 0.1) is 11.6 Å². The molecule has 0 radical (unpaired) electrons. The number of fused-ring (bicyclic) bond motifs is 2. The van der Waals surface area contributed by atoms with Gasteiger partial charge in [0.1, 0.15) is 5.82 Å². The van der Waals surface area contributed by atoms with E-state index in [0.717, 1.165) is 28.5 Å². The number of benzene rings is 2. The normalized spacial score (nSPS) is 15.5. The van der Waals surface area contributed by atoms with E-state index in [1.807, 2.05) is 6.07 Å². The van der Waals surface area contributed by atoms with Crippen molar-refractivity contribution in [1.82, 2.24) is 10.3 Å². The van der Waals surface area contributed by atoms with Crippen LogP contribution in [0.2, 0.25) is 0 Å². The van der Waals surface area contributed by atoms with Crippen molar-refractivity contribution in [3.05, 3.63) is 71.7 Å². The Morgan fingerprint density at radius 3 is 2.85 bits per heavy atom. The zero-order valence-corrected chi connectivity index (χ0v) is 13.8. The monoisotopic (exact) mass is 349 g/mol. The van der Waals surface area contributed by atoms with E-state index in [4.69, 9.17) is 0 Å². The maximum Gasteiger partial charge on any atom is 0.313 e. The van der Waals surface area contributed by atoms with Crippen molar-refractivity contribution in [2.24, 2.45) is 0 Å². The van der Waals surface area contributed by atoms with Crippen molar-refractivity contribution in [1.29, 1.82) is 0 Å². The van der Waals surface area contributed by atoms with Gasteiger partial charge in [0.2, 0.25) is 0 Å². The zero-order valence-electron chi connectivity index (χ0n) is 13.8. The summed E-state index contributed by atoms with van der Waals surface area (Å²) in [5.74, 6) is -1.84. The lowest BCUT2D eigenvalue weighted by molar-refractivity contribution is -0.136. The largest absolute Gasteiger partial charge is 0.341 e. The minimum Gasteiger partial charge on any atom is -0.341 e. The number of halogens is 1. The van der Waals surface area contributed by atoms with Gasteiger partial charge < -0.3 is 10.6 Å². The van der Waals surface area contributed by atoms with Crippen LogP contribution < -0.4 is 10.6 Å². The number of aryl methyl sites for hydroxylation is 1. The van der Waals surface area contributed by atoms with Gasteiger partial charge in [0, 0.05) is 17.3 Å². The van der Waals surface area contributed by atoms with Crippen molar-refractivity contribution in [3.63, 3.8) is 0 Å². The third kappa shape index (κ3) is 3.13. The SMILES string of the molecule is O=C(Nc1ccc2ncccc2c1)C(=O)N[C@@H]1CCc2ccc(F)cc21. The van der Waals surface area contributed by atoms with Gasteiger partial charge in [0.25, 0.3) is 0 Å². The first-order valence-electron chi connectivity index (χ1n) is 8.35. The fourth-order valence-electron chi connectivity index (χ4n) is 3.29. The summed E-state index contributed by atoms with van der Waals surface area (Å²) in [5.41, 5.74) is 3.06. The van der Waals surface area contributed by atoms with Crippen LogP contribution in [0.1, 0.15) is 23.6 Å². The number of pyridine rings is 1. The molecule has 4 rings (SSSR count). The predicted molar refractivity (Wildman–Crippen MR) is 96.0 cm³/mol. The molecular formula is C20H16FN3O2. The molecule has 5 nitrogen and oxygen atoms in total. The lowest BCUT2D eigenvalue weighted by atomic mass is 10.1. The van der Waals surface area contributed by atoms with Crippen LogP contribution in [0.25, 0.3) is 10.9 Å². The van der Waals surface area contributed by atoms with Crippen molar-refractivity contribution in [3.8, 4) is 0 Å². The van der Waals surface area contributed by atoms with Crippen LogP contribution in [0.4, 0.5) is 10.1 Å². The minimum absolute atomic E-state index is 0.347. The Hall–Kier alpha value is -3.28. The maximum atomic E-state index is 13.4. The second-order valence-corrected chi connectivity index (χ2v) is 6.27. The highest BCUT2D eigenvalue weighted by atomic mass is 19.1. The van der Waals surface area contributed by atoms with Gasteiger partial charge in [-0.1, -0.05) is 12.1 Å². The van der Waals surface area contributed by atoms with Crippen molar-refractivity contribution >= 4 is 28.4 Å². The molecule has 1 aliphatic rings. The number of amides is 2. The molecule has 1 atom stereocenters. The zero-order chi connectivity index (χ0) is 18.1. The van der Waals surface area contributed by atoms with E-state index in [1.165, 1.54) is 12.1 Å². The molecule has 1 aliphatic carbocycles. The van der Waals surface area contributed by atoms with Crippen LogP contribution >= 0.6 is 0 Å². The molecule has 0 aliphatic heterocycles. The number of aromatic nitrogens is 1. The Labute approximate surface area is 149 Å². The number of anilines is 1. The summed E-state index contributed by atoms with van der Waals surface area (Å²) in [6, 6.07) is 13.1. The van der Waals surface area contributed by atoms with Crippen LogP contribution in [0, 0.1) is 5.82 Å². The molecule has 26 heavy (non-hydrogen) atoms. The third-order valence-corrected chi connectivity index (χ3v) is 4.56. The number of carbonyl (C=O) groups excluding carboxylic acids is 2. The van der Waals surface area contributed by atoms with Crippen LogP contribution in [0.3, 0.4) is 0 Å². The topological polar surface area (TPSA) is 71.1 Å². The summed E-state index contributed by atoms with van der Waals surface area (Å²) >= 11 is 0. The second-order valence-electron chi connectivity index (χ2n) is 6.27. The molecule has 2 amide bonds. The summed E-state index contributed by atoms with van der Waals surface area (Å²) < 4.78 is 13.4. The summed E-state index contributed by atoms with van der Waals surface area (Å²) in [6.45, 7) is 0. The number of carbonyl (C=O) groups is 2. The Morgan fingerprint density at radius 1 is 1.08 bits per heavy atom. The minimum atomic E-state index is -0.752. The second kappa shape index (κ2) is 6.55. The van der Waals surface area contributed by atoms with E-state index in [1.54, 1.807) is 36.5 Å². The molecule has 130 valence electrons. The summed E-state index contributed by atoms with van der Waals surface area (Å²) in [4.78, 5) is 28.6. The van der Waals surface area contributed by atoms with Gasteiger partial charge in [-0.05, 0) is 60.4 Å². The molecule has 6 heteroatoms. The highest BCUT2D eigenvalue weighted by Crippen LogP contribution is 2.31. The van der Waals surface area contributed by atoms with Crippen molar-refractivity contribution in [2.45, 2.75) is 18.9 Å². The van der Waals surface area contributed by atoms with E-state index in [2.05, 4.69) is 15.6 Å². The number of nitrogens with zero attached hydrogens (tertiary/aromatic N) is 1. The number of hydrogen-bond acceptors (Lipinski definition) is 3. The van der Waals surface area contributed by atoms with Crippen LogP contribution in [0.5, 0.6) is 0 Å². The lowest BCUT2D eigenvalue weighted by Crippen LogP contribution is -2.37. The molecule has 0 bridgehead atoms. The van der Waals surface area contributed by atoms with Gasteiger partial charge >= 0.3 is 11.8 Å². The molecule has 0 saturated carbocycles. The van der Waals surface area contributed by atoms with Crippen molar-refractivity contribution < 1.29 is 14.0 Å². The van der Waals surface area contributed by atoms with Gasteiger partial charge in [-0.25, -0.2) is 4.39 Å². The fraction of sp³-hybridized carbons (Fsp3) is 0.150. The number of hydrogen-bond donors (Lipinski definition) is 2. The molecule has 1 aromatic heterocycles. The van der Waals surface area contributed by atoms with E-state index in [9.17, 15) is 14.0 Å². The quantitative estimate of drug-likeness (QED) is 0.699. The van der Waals surface area contributed by atoms with E-state index >= 15 is 0 Å². The van der Waals surface area contributed by atoms with Gasteiger partial charge in [-0.3, -0.25) is 14.6 Å². The first-order chi connectivity index (χ1) is 12.6. The molecule has 3 aromatic rings. The van der Waals surface area contributed by atoms with Crippen LogP contribution in [-0.2, 0) is 16.0 Å². The summed E-state index contributed by atoms with van der Waals surface area (Å²) in [6.07, 6.45) is 3.09. The first-order valence-corrected chi connectivity index (χ1v) is 8.35. The standard InChI is InChI=1S/C20H16FN3O2/c21-14-5-3-12-4-7-18(16(12)11-14)24-20(26)19(25)23-15-6-8-17-13(10-15)2-1-9-22-17/h1-3,5-6,8-11,18H,4,7H2,(H,23,25)(H,24,26)/t18-/m1/s1. The fourth-order valence-corrected chi connectivity index (χ4v) is 3.29. The Morgan fingerprint density at radius 2 is 1.96 bits per heavy atom. The molecule has 0 spiro atoms. The van der Waals surface area contributed by atoms with E-state index in [-0.39, 0.29) is 11.9 Å². The van der Waals surface area contributed by atoms with E-state index in [0.29, 0.717) is 12.1 Å². The van der Waals surface area contributed by atoms with Gasteiger partial charge in [-0.15, -0.1) is 0 Å². The highest BCUT2D eigenvalue weighted by molar-refractivity contribution is 6.39.